The Kier molecular flexibility index (Phi) is 12.4. The maximum absolute atomic E-state index is 13.9. The van der Waals surface area contributed by atoms with E-state index in [1.165, 1.54) is 22.8 Å². The van der Waals surface area contributed by atoms with Crippen LogP contribution in [0.2, 0.25) is 10.0 Å². The fourth-order valence-electron chi connectivity index (χ4n) is 8.39. The first kappa shape index (κ1) is 42.0. The number of benzene rings is 2. The number of nitrogens with zero attached hydrogens (tertiary/aromatic N) is 4. The summed E-state index contributed by atoms with van der Waals surface area (Å²) in [6, 6.07) is 18.3. The fourth-order valence-corrected chi connectivity index (χ4v) is 9.73. The van der Waals surface area contributed by atoms with Crippen molar-refractivity contribution in [1.82, 2.24) is 24.6 Å². The first-order valence-electron chi connectivity index (χ1n) is 20.5. The summed E-state index contributed by atoms with van der Waals surface area (Å²) in [5, 5.41) is 11.4. The topological polar surface area (TPSA) is 150 Å². The van der Waals surface area contributed by atoms with E-state index < -0.39 is 15.9 Å². The lowest BCUT2D eigenvalue weighted by Crippen LogP contribution is -2.47. The third-order valence-corrected chi connectivity index (χ3v) is 13.8. The number of sulfonamides is 1. The smallest absolute Gasteiger partial charge is 0.268 e. The number of carbonyl (C=O) groups excluding carboxylic acids is 1. The van der Waals surface area contributed by atoms with Gasteiger partial charge >= 0.3 is 0 Å². The molecule has 0 spiro atoms. The molecule has 1 amide bonds. The Morgan fingerprint density at radius 1 is 0.967 bits per heavy atom. The number of carbonyl (C=O) groups is 1. The van der Waals surface area contributed by atoms with Crippen LogP contribution < -0.4 is 19.1 Å². The van der Waals surface area contributed by atoms with Gasteiger partial charge in [0.25, 0.3) is 15.9 Å². The van der Waals surface area contributed by atoms with Gasteiger partial charge in [0.15, 0.2) is 0 Å². The van der Waals surface area contributed by atoms with Gasteiger partial charge < -0.3 is 24.5 Å². The standard InChI is InChI=1S/C45H50Cl2N6O6S/c1-45(2)15-13-32(39(24-45)30-5-7-33(46)8-6-30)27-52-17-19-53(20-18-52)34-9-12-38(41(22-34)59-36-21-31-14-16-48-42(31)49-25-36)43(55)51-60(56,57)37-23-40(47)44(50-26-37)58-28-29-3-10-35(54)11-4-29/h5-9,12,14,16,21-23,25-26,29,35,54H,3-4,10-11,13,15,17-20,24,27-28H2,1-2H3,(H,48,49)(H,51,55)/t29-,35-. The number of ether oxygens (including phenoxy) is 2. The molecule has 60 heavy (non-hydrogen) atoms. The molecule has 3 aromatic heterocycles. The first-order chi connectivity index (χ1) is 28.8. The lowest BCUT2D eigenvalue weighted by molar-refractivity contribution is 0.0908. The van der Waals surface area contributed by atoms with Gasteiger partial charge in [-0.25, -0.2) is 23.1 Å². The second-order valence-electron chi connectivity index (χ2n) is 16.9. The number of piperazine rings is 1. The van der Waals surface area contributed by atoms with Crippen molar-refractivity contribution >= 4 is 61.4 Å². The molecule has 3 N–H and O–H groups in total. The summed E-state index contributed by atoms with van der Waals surface area (Å²) in [6.45, 7) is 9.13. The highest BCUT2D eigenvalue weighted by Crippen LogP contribution is 2.43. The lowest BCUT2D eigenvalue weighted by atomic mass is 9.72. The highest BCUT2D eigenvalue weighted by Gasteiger charge is 2.30. The molecular weight excluding hydrogens is 824 g/mol. The van der Waals surface area contributed by atoms with E-state index in [0.29, 0.717) is 30.8 Å². The van der Waals surface area contributed by atoms with Gasteiger partial charge in [0.05, 0.1) is 30.7 Å². The molecule has 2 fully saturated rings. The van der Waals surface area contributed by atoms with Crippen LogP contribution in [0, 0.1) is 11.3 Å². The number of aromatic amines is 1. The number of pyridine rings is 2. The van der Waals surface area contributed by atoms with Crippen LogP contribution in [-0.4, -0.2) is 84.7 Å². The minimum atomic E-state index is -4.41. The van der Waals surface area contributed by atoms with Gasteiger partial charge in [-0.1, -0.05) is 54.8 Å². The molecule has 1 aliphatic heterocycles. The Morgan fingerprint density at radius 2 is 1.73 bits per heavy atom. The monoisotopic (exact) mass is 872 g/mol. The van der Waals surface area contributed by atoms with Gasteiger partial charge in [-0.05, 0) is 110 Å². The van der Waals surface area contributed by atoms with E-state index in [1.807, 2.05) is 24.3 Å². The summed E-state index contributed by atoms with van der Waals surface area (Å²) in [6.07, 6.45) is 10.5. The van der Waals surface area contributed by atoms with Crippen molar-refractivity contribution < 1.29 is 27.8 Å². The number of anilines is 1. The minimum absolute atomic E-state index is 0.00343. The van der Waals surface area contributed by atoms with Gasteiger partial charge in [0.1, 0.15) is 27.1 Å². The molecule has 1 saturated heterocycles. The van der Waals surface area contributed by atoms with Crippen LogP contribution in [0.1, 0.15) is 74.7 Å². The van der Waals surface area contributed by atoms with Crippen LogP contribution in [0.5, 0.6) is 17.4 Å². The summed E-state index contributed by atoms with van der Waals surface area (Å²) in [7, 11) is -4.41. The highest BCUT2D eigenvalue weighted by molar-refractivity contribution is 7.90. The molecule has 3 aliphatic rings. The molecule has 0 radical (unpaired) electrons. The van der Waals surface area contributed by atoms with Crippen LogP contribution in [-0.2, 0) is 10.0 Å². The Balaban J connectivity index is 0.979. The predicted octanol–water partition coefficient (Wildman–Crippen LogP) is 8.89. The molecule has 8 rings (SSSR count). The Bertz CT molecular complexity index is 2490. The molecule has 4 heterocycles. The minimum Gasteiger partial charge on any atom is -0.476 e. The van der Waals surface area contributed by atoms with Crippen molar-refractivity contribution in [2.75, 3.05) is 44.2 Å². The number of aliphatic hydroxyl groups excluding tert-OH is 1. The summed E-state index contributed by atoms with van der Waals surface area (Å²) in [5.74, 6) is 0.0304. The lowest BCUT2D eigenvalue weighted by Gasteiger charge is -2.39. The van der Waals surface area contributed by atoms with E-state index in [1.54, 1.807) is 30.6 Å². The second kappa shape index (κ2) is 17.7. The van der Waals surface area contributed by atoms with Crippen LogP contribution in [0.15, 0.2) is 89.7 Å². The maximum Gasteiger partial charge on any atom is 0.268 e. The summed E-state index contributed by atoms with van der Waals surface area (Å²) in [4.78, 5) is 30.0. The second-order valence-corrected chi connectivity index (χ2v) is 19.5. The highest BCUT2D eigenvalue weighted by atomic mass is 35.5. The van der Waals surface area contributed by atoms with Crippen molar-refractivity contribution in [3.8, 4) is 17.4 Å². The molecule has 0 bridgehead atoms. The third kappa shape index (κ3) is 9.92. The molecule has 15 heteroatoms. The molecule has 316 valence electrons. The number of H-pyrrole nitrogens is 1. The van der Waals surface area contributed by atoms with E-state index >= 15 is 0 Å². The van der Waals surface area contributed by atoms with Crippen LogP contribution in [0.3, 0.4) is 0 Å². The Morgan fingerprint density at radius 3 is 2.48 bits per heavy atom. The molecule has 0 atom stereocenters. The number of halogens is 2. The normalized spacial score (nSPS) is 20.0. The zero-order chi connectivity index (χ0) is 42.0. The van der Waals surface area contributed by atoms with Gasteiger partial charge in [-0.15, -0.1) is 0 Å². The van der Waals surface area contributed by atoms with E-state index in [9.17, 15) is 18.3 Å². The van der Waals surface area contributed by atoms with E-state index in [0.717, 1.165) is 87.1 Å². The largest absolute Gasteiger partial charge is 0.476 e. The molecular formula is C45H50Cl2N6O6S. The third-order valence-electron chi connectivity index (χ3n) is 11.9. The van der Waals surface area contributed by atoms with E-state index in [-0.39, 0.29) is 44.5 Å². The quantitative estimate of drug-likeness (QED) is 0.111. The van der Waals surface area contributed by atoms with E-state index in [4.69, 9.17) is 32.7 Å². The van der Waals surface area contributed by atoms with Gasteiger partial charge in [-0.3, -0.25) is 9.69 Å². The summed E-state index contributed by atoms with van der Waals surface area (Å²) < 4.78 is 41.5. The average molecular weight is 874 g/mol. The summed E-state index contributed by atoms with van der Waals surface area (Å²) >= 11 is 12.7. The summed E-state index contributed by atoms with van der Waals surface area (Å²) in [5.41, 5.74) is 5.94. The molecule has 1 saturated carbocycles. The molecule has 2 aliphatic carbocycles. The van der Waals surface area contributed by atoms with Crippen molar-refractivity contribution in [3.05, 3.63) is 106 Å². The molecule has 2 aromatic carbocycles. The molecule has 0 unspecified atom stereocenters. The van der Waals surface area contributed by atoms with Crippen LogP contribution >= 0.6 is 23.2 Å². The van der Waals surface area contributed by atoms with Gasteiger partial charge in [0.2, 0.25) is 5.88 Å². The van der Waals surface area contributed by atoms with Gasteiger partial charge in [0, 0.05) is 61.1 Å². The van der Waals surface area contributed by atoms with E-state index in [2.05, 4.69) is 55.5 Å². The number of rotatable bonds is 12. The average Bonchev–Trinajstić information content (AvgIpc) is 3.70. The number of aliphatic hydroxyl groups is 1. The van der Waals surface area contributed by atoms with Crippen molar-refractivity contribution in [1.29, 1.82) is 0 Å². The number of allylic oxidation sites excluding steroid dienone is 1. The Hall–Kier alpha value is -4.66. The van der Waals surface area contributed by atoms with Crippen molar-refractivity contribution in [2.45, 2.75) is 69.8 Å². The van der Waals surface area contributed by atoms with Crippen LogP contribution in [0.25, 0.3) is 16.6 Å². The number of hydrogen-bond donors (Lipinski definition) is 3. The Labute approximate surface area is 361 Å². The number of aromatic nitrogens is 3. The number of hydrogen-bond acceptors (Lipinski definition) is 10. The predicted molar refractivity (Wildman–Crippen MR) is 235 cm³/mol. The zero-order valence-electron chi connectivity index (χ0n) is 33.8. The number of amides is 1. The maximum atomic E-state index is 13.9. The van der Waals surface area contributed by atoms with Crippen LogP contribution in [0.4, 0.5) is 5.69 Å². The molecule has 5 aromatic rings. The zero-order valence-corrected chi connectivity index (χ0v) is 36.1. The van der Waals surface area contributed by atoms with Crippen molar-refractivity contribution in [2.24, 2.45) is 11.3 Å². The van der Waals surface area contributed by atoms with Crippen molar-refractivity contribution in [3.63, 3.8) is 0 Å². The van der Waals surface area contributed by atoms with Gasteiger partial charge in [-0.2, -0.15) is 0 Å². The number of nitrogens with one attached hydrogen (secondary N) is 2. The fraction of sp³-hybridized carbons (Fsp3) is 0.400. The SMILES string of the molecule is CC1(C)CCC(CN2CCN(c3ccc(C(=O)NS(=O)(=O)c4cnc(OC[C@H]5CC[C@H](O)CC5)c(Cl)c4)c(Oc4cnc5[nH]ccc5c4)c3)CC2)=C(c2ccc(Cl)cc2)C1. The first-order valence-corrected chi connectivity index (χ1v) is 22.8. The number of fused-ring (bicyclic) bond motifs is 1. The molecule has 12 nitrogen and oxygen atoms in total.